The topological polar surface area (TPSA) is 103 Å². The number of ether oxygens (including phenoxy) is 1. The number of nitrogens with one attached hydrogen (secondary N) is 1. The fourth-order valence-corrected chi connectivity index (χ4v) is 4.61. The lowest BCUT2D eigenvalue weighted by molar-refractivity contribution is -0.145. The second-order valence-electron chi connectivity index (χ2n) is 7.81. The number of esters is 1. The van der Waals surface area contributed by atoms with Crippen molar-refractivity contribution in [2.45, 2.75) is 51.6 Å². The summed E-state index contributed by atoms with van der Waals surface area (Å²) in [7, 11) is -3.87. The van der Waals surface area contributed by atoms with Crippen LogP contribution >= 0.6 is 0 Å². The molecule has 1 N–H and O–H groups in total. The summed E-state index contributed by atoms with van der Waals surface area (Å²) in [5, 5.41) is 0. The van der Waals surface area contributed by atoms with E-state index < -0.39 is 22.0 Å². The molecule has 0 aliphatic carbocycles. The highest BCUT2D eigenvalue weighted by molar-refractivity contribution is 7.89. The summed E-state index contributed by atoms with van der Waals surface area (Å²) in [5.41, 5.74) is 2.71. The first-order chi connectivity index (χ1) is 14.7. The van der Waals surface area contributed by atoms with Gasteiger partial charge in [-0.1, -0.05) is 26.0 Å². The fraction of sp³-hybridized carbons (Fsp3) is 0.409. The molecule has 31 heavy (non-hydrogen) atoms. The molecule has 9 heteroatoms. The van der Waals surface area contributed by atoms with E-state index in [1.165, 1.54) is 0 Å². The Morgan fingerprint density at radius 2 is 1.90 bits per heavy atom. The summed E-state index contributed by atoms with van der Waals surface area (Å²) in [6, 6.07) is 7.55. The second kappa shape index (κ2) is 9.57. The SMILES string of the molecule is CCOC(=O)[C@H](CC(C)C)NS(=O)(=O)c1ccc(Cn2c(C)nc3ccncc32)cc1. The normalized spacial score (nSPS) is 12.9. The minimum atomic E-state index is -3.87. The van der Waals surface area contributed by atoms with Crippen LogP contribution in [0.2, 0.25) is 0 Å². The van der Waals surface area contributed by atoms with Gasteiger partial charge in [0.1, 0.15) is 11.9 Å². The molecule has 0 spiro atoms. The highest BCUT2D eigenvalue weighted by atomic mass is 32.2. The van der Waals surface area contributed by atoms with Gasteiger partial charge in [-0.05, 0) is 49.9 Å². The van der Waals surface area contributed by atoms with E-state index in [0.29, 0.717) is 13.0 Å². The number of rotatable bonds is 9. The number of nitrogens with zero attached hydrogens (tertiary/aromatic N) is 3. The first kappa shape index (κ1) is 22.9. The molecule has 0 fully saturated rings. The predicted molar refractivity (Wildman–Crippen MR) is 118 cm³/mol. The first-order valence-corrected chi connectivity index (χ1v) is 11.7. The Morgan fingerprint density at radius 1 is 1.19 bits per heavy atom. The Bertz CT molecular complexity index is 1150. The van der Waals surface area contributed by atoms with Crippen LogP contribution in [0.15, 0.2) is 47.6 Å². The van der Waals surface area contributed by atoms with Gasteiger partial charge in [0.15, 0.2) is 0 Å². The zero-order chi connectivity index (χ0) is 22.6. The molecule has 1 aromatic carbocycles. The largest absolute Gasteiger partial charge is 0.465 e. The lowest BCUT2D eigenvalue weighted by Gasteiger charge is -2.19. The predicted octanol–water partition coefficient (Wildman–Crippen LogP) is 3.04. The third-order valence-electron chi connectivity index (χ3n) is 4.89. The van der Waals surface area contributed by atoms with Gasteiger partial charge in [0.05, 0.1) is 28.7 Å². The van der Waals surface area contributed by atoms with E-state index in [1.807, 2.05) is 31.4 Å². The lowest BCUT2D eigenvalue weighted by atomic mass is 10.1. The number of hydrogen-bond acceptors (Lipinski definition) is 6. The van der Waals surface area contributed by atoms with Crippen LogP contribution in [0, 0.1) is 12.8 Å². The Kier molecular flexibility index (Phi) is 7.07. The highest BCUT2D eigenvalue weighted by Crippen LogP contribution is 2.18. The van der Waals surface area contributed by atoms with Gasteiger partial charge in [0.2, 0.25) is 10.0 Å². The molecule has 0 aliphatic rings. The summed E-state index contributed by atoms with van der Waals surface area (Å²) in [6.45, 7) is 8.20. The third-order valence-corrected chi connectivity index (χ3v) is 6.38. The van der Waals surface area contributed by atoms with Crippen molar-refractivity contribution in [2.24, 2.45) is 5.92 Å². The van der Waals surface area contributed by atoms with Crippen molar-refractivity contribution in [2.75, 3.05) is 6.61 Å². The number of aromatic nitrogens is 3. The van der Waals surface area contributed by atoms with Gasteiger partial charge >= 0.3 is 5.97 Å². The molecule has 166 valence electrons. The van der Waals surface area contributed by atoms with E-state index in [2.05, 4.69) is 14.7 Å². The van der Waals surface area contributed by atoms with Gasteiger partial charge in [0.25, 0.3) is 0 Å². The molecule has 0 amide bonds. The Morgan fingerprint density at radius 3 is 2.55 bits per heavy atom. The number of carbonyl (C=O) groups excluding carboxylic acids is 1. The minimum absolute atomic E-state index is 0.100. The smallest absolute Gasteiger partial charge is 0.324 e. The van der Waals surface area contributed by atoms with Crippen molar-refractivity contribution in [3.8, 4) is 0 Å². The van der Waals surface area contributed by atoms with Crippen molar-refractivity contribution >= 4 is 27.0 Å². The quantitative estimate of drug-likeness (QED) is 0.509. The van der Waals surface area contributed by atoms with Gasteiger partial charge in [0, 0.05) is 12.7 Å². The van der Waals surface area contributed by atoms with E-state index in [4.69, 9.17) is 4.74 Å². The number of hydrogen-bond donors (Lipinski definition) is 1. The van der Waals surface area contributed by atoms with Crippen LogP contribution in [0.5, 0.6) is 0 Å². The van der Waals surface area contributed by atoms with Crippen LogP contribution in [0.3, 0.4) is 0 Å². The van der Waals surface area contributed by atoms with E-state index in [0.717, 1.165) is 22.4 Å². The minimum Gasteiger partial charge on any atom is -0.465 e. The van der Waals surface area contributed by atoms with Crippen LogP contribution in [-0.2, 0) is 26.1 Å². The van der Waals surface area contributed by atoms with E-state index in [1.54, 1.807) is 43.6 Å². The summed E-state index contributed by atoms with van der Waals surface area (Å²) in [4.78, 5) is 21.0. The Balaban J connectivity index is 1.79. The Labute approximate surface area is 182 Å². The fourth-order valence-electron chi connectivity index (χ4n) is 3.41. The average Bonchev–Trinajstić information content (AvgIpc) is 3.03. The van der Waals surface area contributed by atoms with Gasteiger partial charge < -0.3 is 9.30 Å². The average molecular weight is 445 g/mol. The van der Waals surface area contributed by atoms with E-state index >= 15 is 0 Å². The van der Waals surface area contributed by atoms with Crippen molar-refractivity contribution in [3.63, 3.8) is 0 Å². The Hall–Kier alpha value is -2.78. The van der Waals surface area contributed by atoms with Crippen LogP contribution < -0.4 is 4.72 Å². The highest BCUT2D eigenvalue weighted by Gasteiger charge is 2.27. The van der Waals surface area contributed by atoms with E-state index in [9.17, 15) is 13.2 Å². The zero-order valence-corrected chi connectivity index (χ0v) is 19.0. The molecule has 2 aromatic heterocycles. The van der Waals surface area contributed by atoms with Gasteiger partial charge in [-0.3, -0.25) is 9.78 Å². The molecular weight excluding hydrogens is 416 g/mol. The molecule has 0 saturated carbocycles. The van der Waals surface area contributed by atoms with Gasteiger partial charge in [-0.2, -0.15) is 4.72 Å². The maximum Gasteiger partial charge on any atom is 0.324 e. The lowest BCUT2D eigenvalue weighted by Crippen LogP contribution is -2.42. The van der Waals surface area contributed by atoms with Crippen LogP contribution in [0.4, 0.5) is 0 Å². The maximum absolute atomic E-state index is 12.8. The number of pyridine rings is 1. The molecule has 3 rings (SSSR count). The molecule has 2 heterocycles. The molecule has 0 bridgehead atoms. The molecule has 0 unspecified atom stereocenters. The molecule has 0 aliphatic heterocycles. The van der Waals surface area contributed by atoms with Crippen LogP contribution in [0.1, 0.15) is 38.6 Å². The molecule has 3 aromatic rings. The number of benzene rings is 1. The van der Waals surface area contributed by atoms with Gasteiger partial charge in [-0.15, -0.1) is 0 Å². The number of carbonyl (C=O) groups is 1. The zero-order valence-electron chi connectivity index (χ0n) is 18.2. The first-order valence-electron chi connectivity index (χ1n) is 10.3. The second-order valence-corrected chi connectivity index (χ2v) is 9.52. The van der Waals surface area contributed by atoms with Crippen molar-refractivity contribution in [1.82, 2.24) is 19.3 Å². The maximum atomic E-state index is 12.8. The molecule has 8 nitrogen and oxygen atoms in total. The van der Waals surface area contributed by atoms with Gasteiger partial charge in [-0.25, -0.2) is 13.4 Å². The number of sulfonamides is 1. The number of aryl methyl sites for hydroxylation is 1. The van der Waals surface area contributed by atoms with Crippen LogP contribution in [0.25, 0.3) is 11.0 Å². The third kappa shape index (κ3) is 5.48. The molecule has 0 radical (unpaired) electrons. The van der Waals surface area contributed by atoms with Crippen molar-refractivity contribution < 1.29 is 17.9 Å². The van der Waals surface area contributed by atoms with Crippen molar-refractivity contribution in [1.29, 1.82) is 0 Å². The molecule has 0 saturated heterocycles. The monoisotopic (exact) mass is 444 g/mol. The summed E-state index contributed by atoms with van der Waals surface area (Å²) in [5.74, 6) is 0.419. The molecule has 1 atom stereocenters. The number of imidazole rings is 1. The summed E-state index contributed by atoms with van der Waals surface area (Å²) >= 11 is 0. The molecular formula is C22H28N4O4S. The summed E-state index contributed by atoms with van der Waals surface area (Å²) < 4.78 is 35.3. The summed E-state index contributed by atoms with van der Waals surface area (Å²) in [6.07, 6.45) is 3.83. The van der Waals surface area contributed by atoms with E-state index in [-0.39, 0.29) is 17.4 Å². The van der Waals surface area contributed by atoms with Crippen molar-refractivity contribution in [3.05, 3.63) is 54.1 Å². The standard InChI is InChI=1S/C22H28N4O4S/c1-5-30-22(27)20(12-15(2)3)25-31(28,29)18-8-6-17(7-9-18)14-26-16(4)24-19-10-11-23-13-21(19)26/h6-11,13,15,20,25H,5,12,14H2,1-4H3/t20-/m0/s1. The van der Waals surface area contributed by atoms with Crippen LogP contribution in [-0.4, -0.2) is 41.6 Å². The number of fused-ring (bicyclic) bond motifs is 1.